The second-order valence-corrected chi connectivity index (χ2v) is 6.35. The third kappa shape index (κ3) is 17.5. The van der Waals surface area contributed by atoms with Gasteiger partial charge < -0.3 is 4.52 Å². The van der Waals surface area contributed by atoms with Crippen molar-refractivity contribution in [3.05, 3.63) is 12.2 Å². The van der Waals surface area contributed by atoms with E-state index in [1.54, 1.807) is 0 Å². The first-order valence-electron chi connectivity index (χ1n) is 9.09. The molecule has 130 valence electrons. The molecule has 0 aromatic carbocycles. The highest BCUT2D eigenvalue weighted by Crippen LogP contribution is 2.10. The lowest BCUT2D eigenvalue weighted by atomic mass is 10.1. The zero-order valence-electron chi connectivity index (χ0n) is 14.4. The van der Waals surface area contributed by atoms with Crippen molar-refractivity contribution in [2.75, 3.05) is 0 Å². The minimum Gasteiger partial charge on any atom is -0.417 e. The van der Waals surface area contributed by atoms with Gasteiger partial charge in [0, 0.05) is 6.42 Å². The van der Waals surface area contributed by atoms with E-state index in [4.69, 9.17) is 0 Å². The van der Waals surface area contributed by atoms with Crippen LogP contribution in [0.2, 0.25) is 0 Å². The molecule has 0 aliphatic carbocycles. The molecule has 0 saturated heterocycles. The highest BCUT2D eigenvalue weighted by Gasteiger charge is 2.00. The normalized spacial score (nSPS) is 11.7. The fraction of sp³-hybridized carbons (Fsp3) is 0.833. The Morgan fingerprint density at radius 1 is 0.818 bits per heavy atom. The van der Waals surface area contributed by atoms with Crippen LogP contribution in [0.3, 0.4) is 0 Å². The van der Waals surface area contributed by atoms with E-state index in [1.807, 2.05) is 0 Å². The van der Waals surface area contributed by atoms with Crippen molar-refractivity contribution in [3.63, 3.8) is 0 Å². The molecule has 0 aromatic heterocycles. The topological polar surface area (TPSA) is 43.4 Å². The Labute approximate surface area is 138 Å². The van der Waals surface area contributed by atoms with Gasteiger partial charge in [0.15, 0.2) is 0 Å². The second-order valence-electron chi connectivity index (χ2n) is 5.92. The average molecular weight is 330 g/mol. The minimum absolute atomic E-state index is 0.317. The fourth-order valence-electron chi connectivity index (χ4n) is 2.45. The van der Waals surface area contributed by atoms with Gasteiger partial charge in [-0.05, 0) is 32.1 Å². The largest absolute Gasteiger partial charge is 0.417 e. The third-order valence-electron chi connectivity index (χ3n) is 3.82. The number of hydrogen-bond acceptors (Lipinski definition) is 3. The van der Waals surface area contributed by atoms with Crippen LogP contribution in [0.1, 0.15) is 96.8 Å². The molecule has 0 aliphatic rings. The van der Waals surface area contributed by atoms with E-state index in [9.17, 15) is 9.36 Å². The van der Waals surface area contributed by atoms with E-state index in [2.05, 4.69) is 23.6 Å². The van der Waals surface area contributed by atoms with Crippen molar-refractivity contribution < 1.29 is 13.9 Å². The summed E-state index contributed by atoms with van der Waals surface area (Å²) >= 11 is 0. The van der Waals surface area contributed by atoms with Gasteiger partial charge in [0.2, 0.25) is 8.69 Å². The van der Waals surface area contributed by atoms with Crippen LogP contribution in [0.15, 0.2) is 12.2 Å². The van der Waals surface area contributed by atoms with Crippen LogP contribution in [0.4, 0.5) is 0 Å². The molecule has 0 rings (SSSR count). The molecule has 1 unspecified atom stereocenters. The minimum atomic E-state index is -1.38. The molecule has 0 aromatic rings. The standard InChI is InChI=1S/C18H35O3P/c1-2-3-4-5-6-7-8-9-10-11-12-13-14-15-16-17-18(19)21-22-20/h9-10H,2-8,11-17,22H2,1H3. The quantitative estimate of drug-likeness (QED) is 0.191. The maximum Gasteiger partial charge on any atom is 0.310 e. The summed E-state index contributed by atoms with van der Waals surface area (Å²) in [6.45, 7) is 2.26. The summed E-state index contributed by atoms with van der Waals surface area (Å²) in [6.07, 6.45) is 21.2. The van der Waals surface area contributed by atoms with Gasteiger partial charge in [-0.25, -0.2) is 0 Å². The molecule has 0 N–H and O–H groups in total. The third-order valence-corrected chi connectivity index (χ3v) is 4.18. The highest BCUT2D eigenvalue weighted by molar-refractivity contribution is 7.18. The summed E-state index contributed by atoms with van der Waals surface area (Å²) in [7, 11) is -1.38. The maximum atomic E-state index is 11.0. The number of carbonyl (C=O) groups is 1. The van der Waals surface area contributed by atoms with E-state index >= 15 is 0 Å². The van der Waals surface area contributed by atoms with Crippen molar-refractivity contribution in [2.24, 2.45) is 0 Å². The number of carbonyl (C=O) groups excluding carboxylic acids is 1. The summed E-state index contributed by atoms with van der Waals surface area (Å²) in [4.78, 5) is 11.0. The van der Waals surface area contributed by atoms with Crippen molar-refractivity contribution >= 4 is 14.7 Å². The predicted octanol–water partition coefficient (Wildman–Crippen LogP) is 6.24. The van der Waals surface area contributed by atoms with Gasteiger partial charge in [-0.3, -0.25) is 9.36 Å². The zero-order chi connectivity index (χ0) is 16.3. The van der Waals surface area contributed by atoms with Crippen LogP contribution >= 0.6 is 8.69 Å². The molecular weight excluding hydrogens is 295 g/mol. The molecule has 0 aliphatic heterocycles. The van der Waals surface area contributed by atoms with Crippen LogP contribution in [0, 0.1) is 0 Å². The number of unbranched alkanes of at least 4 members (excludes halogenated alkanes) is 11. The van der Waals surface area contributed by atoms with Crippen molar-refractivity contribution in [3.8, 4) is 0 Å². The number of allylic oxidation sites excluding steroid dienone is 2. The van der Waals surface area contributed by atoms with E-state index in [0.29, 0.717) is 6.42 Å². The summed E-state index contributed by atoms with van der Waals surface area (Å²) < 4.78 is 14.6. The Kier molecular flexibility index (Phi) is 18.0. The Morgan fingerprint density at radius 2 is 1.32 bits per heavy atom. The predicted molar refractivity (Wildman–Crippen MR) is 95.9 cm³/mol. The highest BCUT2D eigenvalue weighted by atomic mass is 31.1. The van der Waals surface area contributed by atoms with Gasteiger partial charge >= 0.3 is 5.97 Å². The summed E-state index contributed by atoms with van der Waals surface area (Å²) in [5.74, 6) is -0.317. The Hall–Kier alpha value is -0.560. The second kappa shape index (κ2) is 18.5. The van der Waals surface area contributed by atoms with Crippen LogP contribution in [-0.4, -0.2) is 5.97 Å². The van der Waals surface area contributed by atoms with Gasteiger partial charge in [-0.15, -0.1) is 0 Å². The number of hydrogen-bond donors (Lipinski definition) is 0. The lowest BCUT2D eigenvalue weighted by Gasteiger charge is -2.00. The Bertz CT molecular complexity index is 290. The molecule has 0 bridgehead atoms. The fourth-order valence-corrected chi connectivity index (χ4v) is 2.68. The van der Waals surface area contributed by atoms with E-state index < -0.39 is 8.69 Å². The molecule has 0 heterocycles. The van der Waals surface area contributed by atoms with Gasteiger partial charge in [-0.1, -0.05) is 70.4 Å². The first-order valence-corrected chi connectivity index (χ1v) is 10.0. The summed E-state index contributed by atoms with van der Waals surface area (Å²) in [6, 6.07) is 0. The molecule has 0 radical (unpaired) electrons. The van der Waals surface area contributed by atoms with Crippen LogP contribution in [0.25, 0.3) is 0 Å². The van der Waals surface area contributed by atoms with Gasteiger partial charge in [-0.2, -0.15) is 0 Å². The summed E-state index contributed by atoms with van der Waals surface area (Å²) in [5, 5.41) is 0. The van der Waals surface area contributed by atoms with Crippen molar-refractivity contribution in [1.82, 2.24) is 0 Å². The molecule has 22 heavy (non-hydrogen) atoms. The average Bonchev–Trinajstić information content (AvgIpc) is 2.51. The van der Waals surface area contributed by atoms with Gasteiger partial charge in [0.05, 0.1) is 0 Å². The van der Waals surface area contributed by atoms with Gasteiger partial charge in [0.1, 0.15) is 0 Å². The monoisotopic (exact) mass is 330 g/mol. The van der Waals surface area contributed by atoms with Crippen LogP contribution in [0.5, 0.6) is 0 Å². The smallest absolute Gasteiger partial charge is 0.310 e. The molecule has 3 nitrogen and oxygen atoms in total. The molecular formula is C18H35O3P. The Morgan fingerprint density at radius 3 is 1.86 bits per heavy atom. The molecule has 1 atom stereocenters. The van der Waals surface area contributed by atoms with E-state index in [-0.39, 0.29) is 5.97 Å². The van der Waals surface area contributed by atoms with Crippen LogP contribution in [-0.2, 0) is 13.9 Å². The van der Waals surface area contributed by atoms with Crippen molar-refractivity contribution in [1.29, 1.82) is 0 Å². The molecule has 0 amide bonds. The van der Waals surface area contributed by atoms with E-state index in [0.717, 1.165) is 12.8 Å². The zero-order valence-corrected chi connectivity index (χ0v) is 15.5. The first kappa shape index (κ1) is 21.4. The lowest BCUT2D eigenvalue weighted by molar-refractivity contribution is -0.133. The molecule has 4 heteroatoms. The van der Waals surface area contributed by atoms with E-state index in [1.165, 1.54) is 70.6 Å². The molecule has 0 fully saturated rings. The first-order chi connectivity index (χ1) is 10.8. The Balaban J connectivity index is 3.14. The molecule has 0 spiro atoms. The van der Waals surface area contributed by atoms with Crippen molar-refractivity contribution in [2.45, 2.75) is 96.8 Å². The van der Waals surface area contributed by atoms with Crippen LogP contribution < -0.4 is 0 Å². The maximum absolute atomic E-state index is 11.0. The SMILES string of the molecule is CCCCCCCCC=CCCCCCCCC(=O)O[PH2]=O. The van der Waals surface area contributed by atoms with Gasteiger partial charge in [0.25, 0.3) is 0 Å². The molecule has 0 saturated carbocycles. The summed E-state index contributed by atoms with van der Waals surface area (Å²) in [5.41, 5.74) is 0. The number of rotatable bonds is 16. The lowest BCUT2D eigenvalue weighted by Crippen LogP contribution is -1.95.